The Kier molecular flexibility index (Phi) is 5.58. The summed E-state index contributed by atoms with van der Waals surface area (Å²) < 4.78 is 11.0. The van der Waals surface area contributed by atoms with Crippen LogP contribution >= 0.6 is 0 Å². The van der Waals surface area contributed by atoms with Gasteiger partial charge in [-0.15, -0.1) is 0 Å². The molecule has 7 heteroatoms. The summed E-state index contributed by atoms with van der Waals surface area (Å²) in [6.07, 6.45) is 0. The van der Waals surface area contributed by atoms with Crippen LogP contribution in [0.2, 0.25) is 0 Å². The van der Waals surface area contributed by atoms with Crippen LogP contribution in [0, 0.1) is 0 Å². The Morgan fingerprint density at radius 1 is 1.15 bits per heavy atom. The lowest BCUT2D eigenvalue weighted by atomic mass is 10.0. The van der Waals surface area contributed by atoms with Gasteiger partial charge in [0.2, 0.25) is 6.79 Å². The van der Waals surface area contributed by atoms with Gasteiger partial charge in [-0.1, -0.05) is 6.07 Å². The highest BCUT2D eigenvalue weighted by atomic mass is 16.7. The number of urea groups is 1. The summed E-state index contributed by atoms with van der Waals surface area (Å²) in [5, 5.41) is 5.99. The molecule has 1 atom stereocenters. The van der Waals surface area contributed by atoms with Crippen LogP contribution in [0.3, 0.4) is 0 Å². The number of carbonyl (C=O) groups is 1. The summed E-state index contributed by atoms with van der Waals surface area (Å²) in [6, 6.07) is 6.02. The number of hydrogen-bond donors (Lipinski definition) is 2. The molecule has 0 aromatic heterocycles. The zero-order chi connectivity index (χ0) is 18.7. The number of ether oxygens (including phenoxy) is 2. The first-order valence-corrected chi connectivity index (χ1v) is 9.20. The van der Waals surface area contributed by atoms with Crippen molar-refractivity contribution in [2.45, 2.75) is 32.4 Å². The molecule has 0 bridgehead atoms. The molecule has 0 spiro atoms. The van der Waals surface area contributed by atoms with E-state index in [-0.39, 0.29) is 24.4 Å². The van der Waals surface area contributed by atoms with Crippen molar-refractivity contribution in [1.82, 2.24) is 20.4 Å². The summed E-state index contributed by atoms with van der Waals surface area (Å²) in [5.41, 5.74) is 0.876. The van der Waals surface area contributed by atoms with Crippen molar-refractivity contribution in [2.24, 2.45) is 0 Å². The lowest BCUT2D eigenvalue weighted by Crippen LogP contribution is -2.51. The Morgan fingerprint density at radius 3 is 2.54 bits per heavy atom. The van der Waals surface area contributed by atoms with E-state index in [4.69, 9.17) is 9.47 Å². The van der Waals surface area contributed by atoms with Crippen LogP contribution in [0.25, 0.3) is 0 Å². The van der Waals surface area contributed by atoms with E-state index in [9.17, 15) is 4.79 Å². The molecule has 2 aliphatic heterocycles. The van der Waals surface area contributed by atoms with E-state index in [2.05, 4.69) is 33.5 Å². The average Bonchev–Trinajstić information content (AvgIpc) is 3.03. The number of piperazine rings is 1. The predicted molar refractivity (Wildman–Crippen MR) is 101 cm³/mol. The van der Waals surface area contributed by atoms with Gasteiger partial charge in [-0.05, 0) is 45.5 Å². The fraction of sp³-hybridized carbons (Fsp3) is 0.632. The van der Waals surface area contributed by atoms with Gasteiger partial charge in [0, 0.05) is 38.3 Å². The van der Waals surface area contributed by atoms with E-state index in [1.807, 2.05) is 32.9 Å². The van der Waals surface area contributed by atoms with Crippen LogP contribution in [-0.2, 0) is 0 Å². The van der Waals surface area contributed by atoms with Crippen molar-refractivity contribution in [1.29, 1.82) is 0 Å². The van der Waals surface area contributed by atoms with Crippen LogP contribution in [0.5, 0.6) is 11.5 Å². The van der Waals surface area contributed by atoms with E-state index < -0.39 is 0 Å². The molecule has 0 aliphatic carbocycles. The summed E-state index contributed by atoms with van der Waals surface area (Å²) >= 11 is 0. The summed E-state index contributed by atoms with van der Waals surface area (Å²) in [7, 11) is 2.14. The molecular weight excluding hydrogens is 332 g/mol. The Balaban J connectivity index is 1.72. The zero-order valence-electron chi connectivity index (χ0n) is 16.2. The van der Waals surface area contributed by atoms with Gasteiger partial charge >= 0.3 is 6.03 Å². The molecule has 1 unspecified atom stereocenters. The molecule has 1 aromatic carbocycles. The van der Waals surface area contributed by atoms with Crippen molar-refractivity contribution >= 4 is 6.03 Å². The standard InChI is InChI=1S/C19H30N4O3/c1-19(2,3)21-18(24)20-12-15(23-9-7-22(4)8-10-23)14-5-6-16-17(11-14)26-13-25-16/h5-6,11,15H,7-10,12-13H2,1-4H3,(H2,20,21,24). The quantitative estimate of drug-likeness (QED) is 0.855. The molecule has 2 amide bonds. The number of amides is 2. The molecule has 1 fully saturated rings. The molecule has 0 radical (unpaired) electrons. The summed E-state index contributed by atoms with van der Waals surface area (Å²) in [5.74, 6) is 1.56. The largest absolute Gasteiger partial charge is 0.454 e. The molecule has 1 aromatic rings. The topological polar surface area (TPSA) is 66.1 Å². The molecule has 2 N–H and O–H groups in total. The Labute approximate surface area is 155 Å². The van der Waals surface area contributed by atoms with Crippen LogP contribution < -0.4 is 20.1 Å². The maximum Gasteiger partial charge on any atom is 0.315 e. The minimum atomic E-state index is -0.258. The molecule has 2 heterocycles. The molecule has 26 heavy (non-hydrogen) atoms. The minimum Gasteiger partial charge on any atom is -0.454 e. The number of likely N-dealkylation sites (N-methyl/N-ethyl adjacent to an activating group) is 1. The van der Waals surface area contributed by atoms with Crippen LogP contribution in [0.15, 0.2) is 18.2 Å². The van der Waals surface area contributed by atoms with Gasteiger partial charge in [0.25, 0.3) is 0 Å². The SMILES string of the molecule is CN1CCN(C(CNC(=O)NC(C)(C)C)c2ccc3c(c2)OCO3)CC1. The van der Waals surface area contributed by atoms with E-state index in [0.29, 0.717) is 6.54 Å². The first-order chi connectivity index (χ1) is 12.3. The lowest BCUT2D eigenvalue weighted by Gasteiger charge is -2.38. The van der Waals surface area contributed by atoms with E-state index in [1.54, 1.807) is 0 Å². The van der Waals surface area contributed by atoms with Crippen LogP contribution in [-0.4, -0.2) is 67.9 Å². The number of fused-ring (bicyclic) bond motifs is 1. The van der Waals surface area contributed by atoms with Crippen LogP contribution in [0.4, 0.5) is 4.79 Å². The monoisotopic (exact) mass is 362 g/mol. The number of hydrogen-bond acceptors (Lipinski definition) is 5. The van der Waals surface area contributed by atoms with Crippen molar-refractivity contribution in [3.63, 3.8) is 0 Å². The fourth-order valence-electron chi connectivity index (χ4n) is 3.29. The molecule has 3 rings (SSSR count). The third-order valence-corrected chi connectivity index (χ3v) is 4.70. The molecule has 0 saturated carbocycles. The van der Waals surface area contributed by atoms with Crippen LogP contribution in [0.1, 0.15) is 32.4 Å². The number of benzene rings is 1. The van der Waals surface area contributed by atoms with Gasteiger partial charge < -0.3 is 25.0 Å². The highest BCUT2D eigenvalue weighted by molar-refractivity contribution is 5.74. The minimum absolute atomic E-state index is 0.101. The smallest absolute Gasteiger partial charge is 0.315 e. The van der Waals surface area contributed by atoms with Gasteiger partial charge in [-0.2, -0.15) is 0 Å². The second kappa shape index (κ2) is 7.72. The van der Waals surface area contributed by atoms with Crippen molar-refractivity contribution in [2.75, 3.05) is 46.6 Å². The van der Waals surface area contributed by atoms with Crippen molar-refractivity contribution < 1.29 is 14.3 Å². The van der Waals surface area contributed by atoms with Gasteiger partial charge in [0.05, 0.1) is 6.04 Å². The number of nitrogens with one attached hydrogen (secondary N) is 2. The van der Waals surface area contributed by atoms with Gasteiger partial charge in [-0.25, -0.2) is 4.79 Å². The van der Waals surface area contributed by atoms with Crippen molar-refractivity contribution in [3.05, 3.63) is 23.8 Å². The molecule has 2 aliphatic rings. The number of carbonyl (C=O) groups excluding carboxylic acids is 1. The second-order valence-corrected chi connectivity index (χ2v) is 8.05. The predicted octanol–water partition coefficient (Wildman–Crippen LogP) is 1.80. The molecule has 144 valence electrons. The van der Waals surface area contributed by atoms with Crippen molar-refractivity contribution in [3.8, 4) is 11.5 Å². The van der Waals surface area contributed by atoms with Gasteiger partial charge in [0.15, 0.2) is 11.5 Å². The average molecular weight is 362 g/mol. The Morgan fingerprint density at radius 2 is 1.85 bits per heavy atom. The lowest BCUT2D eigenvalue weighted by molar-refractivity contribution is 0.110. The third kappa shape index (κ3) is 4.80. The second-order valence-electron chi connectivity index (χ2n) is 8.05. The van der Waals surface area contributed by atoms with Gasteiger partial charge in [-0.3, -0.25) is 4.90 Å². The molecule has 1 saturated heterocycles. The maximum atomic E-state index is 12.2. The maximum absolute atomic E-state index is 12.2. The summed E-state index contributed by atoms with van der Waals surface area (Å²) in [6.45, 7) is 10.7. The van der Waals surface area contributed by atoms with E-state index in [0.717, 1.165) is 43.2 Å². The Hall–Kier alpha value is -1.99. The summed E-state index contributed by atoms with van der Waals surface area (Å²) in [4.78, 5) is 17.0. The first-order valence-electron chi connectivity index (χ1n) is 9.20. The third-order valence-electron chi connectivity index (χ3n) is 4.70. The number of nitrogens with zero attached hydrogens (tertiary/aromatic N) is 2. The van der Waals surface area contributed by atoms with E-state index >= 15 is 0 Å². The highest BCUT2D eigenvalue weighted by Gasteiger charge is 2.26. The zero-order valence-corrected chi connectivity index (χ0v) is 16.2. The normalized spacial score (nSPS) is 19.2. The fourth-order valence-corrected chi connectivity index (χ4v) is 3.29. The highest BCUT2D eigenvalue weighted by Crippen LogP contribution is 2.35. The van der Waals surface area contributed by atoms with E-state index in [1.165, 1.54) is 0 Å². The first kappa shape index (κ1) is 18.8. The van der Waals surface area contributed by atoms with Gasteiger partial charge in [0.1, 0.15) is 0 Å². The number of rotatable bonds is 4. The molecular formula is C19H30N4O3. The molecule has 7 nitrogen and oxygen atoms in total. The Bertz CT molecular complexity index is 636.